The molecule has 0 aromatic rings. The van der Waals surface area contributed by atoms with Gasteiger partial charge in [0.1, 0.15) is 0 Å². The predicted octanol–water partition coefficient (Wildman–Crippen LogP) is 1.20. The van der Waals surface area contributed by atoms with Gasteiger partial charge < -0.3 is 9.47 Å². The van der Waals surface area contributed by atoms with Crippen molar-refractivity contribution in [2.45, 2.75) is 32.5 Å². The van der Waals surface area contributed by atoms with Crippen LogP contribution in [0.3, 0.4) is 0 Å². The van der Waals surface area contributed by atoms with Gasteiger partial charge in [-0.05, 0) is 20.3 Å². The summed E-state index contributed by atoms with van der Waals surface area (Å²) in [5.41, 5.74) is 0. The minimum absolute atomic E-state index is 0.310. The highest BCUT2D eigenvalue weighted by atomic mass is 16.6. The van der Waals surface area contributed by atoms with E-state index in [4.69, 9.17) is 9.47 Å². The number of hydrogen-bond acceptors (Lipinski definition) is 2. The lowest BCUT2D eigenvalue weighted by molar-refractivity contribution is 0.00546. The van der Waals surface area contributed by atoms with Crippen LogP contribution in [-0.4, -0.2) is 25.4 Å². The summed E-state index contributed by atoms with van der Waals surface area (Å²) in [6.07, 6.45) is 1.73. The Labute approximate surface area is 56.2 Å². The molecule has 0 aliphatic carbocycles. The molecule has 0 radical (unpaired) electrons. The first-order valence-corrected chi connectivity index (χ1v) is 3.57. The van der Waals surface area contributed by atoms with Crippen molar-refractivity contribution in [1.82, 2.24) is 0 Å². The van der Waals surface area contributed by atoms with E-state index in [1.165, 1.54) is 0 Å². The van der Waals surface area contributed by atoms with Crippen LogP contribution in [0.25, 0.3) is 0 Å². The minimum Gasteiger partial charge on any atom is -0.376 e. The molecule has 0 aromatic carbocycles. The molecule has 54 valence electrons. The Balaban J connectivity index is 2.22. The molecule has 1 saturated heterocycles. The van der Waals surface area contributed by atoms with Crippen molar-refractivity contribution in [3.05, 3.63) is 0 Å². The lowest BCUT2D eigenvalue weighted by Crippen LogP contribution is -2.20. The molecule has 1 rings (SSSR count). The summed E-state index contributed by atoms with van der Waals surface area (Å²) in [6.45, 7) is 5.75. The third kappa shape index (κ3) is 1.66. The monoisotopic (exact) mass is 130 g/mol. The van der Waals surface area contributed by atoms with E-state index in [-0.39, 0.29) is 0 Å². The fraction of sp³-hybridized carbons (Fsp3) is 1.00. The second-order valence-electron chi connectivity index (χ2n) is 2.36. The fourth-order valence-corrected chi connectivity index (χ4v) is 1.15. The first-order chi connectivity index (χ1) is 4.34. The molecule has 0 saturated carbocycles. The maximum absolute atomic E-state index is 5.39. The first-order valence-electron chi connectivity index (χ1n) is 3.57. The summed E-state index contributed by atoms with van der Waals surface area (Å²) in [5.74, 6) is 0. The zero-order valence-corrected chi connectivity index (χ0v) is 6.09. The summed E-state index contributed by atoms with van der Waals surface area (Å²) in [4.78, 5) is 0. The zero-order chi connectivity index (χ0) is 6.69. The number of hydrogen-bond donors (Lipinski definition) is 0. The Bertz CT molecular complexity index is 83.0. The third-order valence-electron chi connectivity index (χ3n) is 1.69. The van der Waals surface area contributed by atoms with E-state index in [1.54, 1.807) is 0 Å². The molecule has 9 heavy (non-hydrogen) atoms. The van der Waals surface area contributed by atoms with Crippen molar-refractivity contribution in [3.63, 3.8) is 0 Å². The van der Waals surface area contributed by atoms with E-state index in [2.05, 4.69) is 6.92 Å². The van der Waals surface area contributed by atoms with Gasteiger partial charge >= 0.3 is 0 Å². The van der Waals surface area contributed by atoms with Crippen LogP contribution in [-0.2, 0) is 9.47 Å². The van der Waals surface area contributed by atoms with E-state index in [0.717, 1.165) is 19.6 Å². The van der Waals surface area contributed by atoms with Crippen LogP contribution in [0, 0.1) is 0 Å². The molecule has 2 heteroatoms. The lowest BCUT2D eigenvalue weighted by Gasteiger charge is -2.12. The van der Waals surface area contributed by atoms with E-state index in [1.807, 2.05) is 6.92 Å². The summed E-state index contributed by atoms with van der Waals surface area (Å²) in [7, 11) is 0. The highest BCUT2D eigenvalue weighted by Crippen LogP contribution is 2.15. The van der Waals surface area contributed by atoms with Crippen LogP contribution < -0.4 is 0 Å². The number of rotatable bonds is 2. The van der Waals surface area contributed by atoms with Crippen molar-refractivity contribution in [3.8, 4) is 0 Å². The van der Waals surface area contributed by atoms with Gasteiger partial charge in [-0.2, -0.15) is 0 Å². The predicted molar refractivity (Wildman–Crippen MR) is 35.4 cm³/mol. The molecule has 0 aromatic heterocycles. The van der Waals surface area contributed by atoms with E-state index < -0.39 is 0 Å². The van der Waals surface area contributed by atoms with Crippen molar-refractivity contribution in [1.29, 1.82) is 0 Å². The quantitative estimate of drug-likeness (QED) is 0.559. The van der Waals surface area contributed by atoms with Crippen molar-refractivity contribution in [2.75, 3.05) is 13.2 Å². The van der Waals surface area contributed by atoms with Gasteiger partial charge in [0.05, 0.1) is 12.2 Å². The van der Waals surface area contributed by atoms with E-state index in [9.17, 15) is 0 Å². The van der Waals surface area contributed by atoms with Crippen LogP contribution in [0.5, 0.6) is 0 Å². The molecule has 0 bridgehead atoms. The average Bonchev–Trinajstić information content (AvgIpc) is 2.18. The standard InChI is InChI=1S/C7H14O2/c1-3-8-7-4-5-9-6(7)2/h6-7H,3-5H2,1-2H3. The maximum Gasteiger partial charge on any atom is 0.0855 e. The topological polar surface area (TPSA) is 18.5 Å². The van der Waals surface area contributed by atoms with Crippen LogP contribution in [0.4, 0.5) is 0 Å². The van der Waals surface area contributed by atoms with Gasteiger partial charge in [-0.3, -0.25) is 0 Å². The van der Waals surface area contributed by atoms with Gasteiger partial charge in [-0.25, -0.2) is 0 Å². The SMILES string of the molecule is CCOC1CCOC1C. The Kier molecular flexibility index (Phi) is 2.49. The Morgan fingerprint density at radius 3 is 2.89 bits per heavy atom. The highest BCUT2D eigenvalue weighted by Gasteiger charge is 2.23. The van der Waals surface area contributed by atoms with Gasteiger partial charge in [0.25, 0.3) is 0 Å². The molecule has 0 N–H and O–H groups in total. The summed E-state index contributed by atoms with van der Waals surface area (Å²) in [6, 6.07) is 0. The van der Waals surface area contributed by atoms with Gasteiger partial charge in [0.2, 0.25) is 0 Å². The molecule has 0 spiro atoms. The lowest BCUT2D eigenvalue weighted by atomic mass is 10.2. The second kappa shape index (κ2) is 3.18. The Hall–Kier alpha value is -0.0800. The second-order valence-corrected chi connectivity index (χ2v) is 2.36. The molecule has 2 atom stereocenters. The van der Waals surface area contributed by atoms with Gasteiger partial charge in [0, 0.05) is 13.2 Å². The molecular formula is C7H14O2. The molecule has 1 aliphatic rings. The van der Waals surface area contributed by atoms with E-state index >= 15 is 0 Å². The summed E-state index contributed by atoms with van der Waals surface area (Å²) in [5, 5.41) is 0. The largest absolute Gasteiger partial charge is 0.376 e. The molecule has 0 amide bonds. The highest BCUT2D eigenvalue weighted by molar-refractivity contribution is 4.71. The maximum atomic E-state index is 5.39. The average molecular weight is 130 g/mol. The van der Waals surface area contributed by atoms with Crippen molar-refractivity contribution in [2.24, 2.45) is 0 Å². The first kappa shape index (κ1) is 7.03. The molecule has 1 heterocycles. The normalized spacial score (nSPS) is 35.3. The van der Waals surface area contributed by atoms with Crippen LogP contribution in [0.1, 0.15) is 20.3 Å². The molecule has 2 unspecified atom stereocenters. The smallest absolute Gasteiger partial charge is 0.0855 e. The Morgan fingerprint density at radius 2 is 2.44 bits per heavy atom. The molecule has 2 nitrogen and oxygen atoms in total. The fourth-order valence-electron chi connectivity index (χ4n) is 1.15. The van der Waals surface area contributed by atoms with Gasteiger partial charge in [0.15, 0.2) is 0 Å². The van der Waals surface area contributed by atoms with Crippen molar-refractivity contribution >= 4 is 0 Å². The van der Waals surface area contributed by atoms with Gasteiger partial charge in [-0.1, -0.05) is 0 Å². The molecular weight excluding hydrogens is 116 g/mol. The van der Waals surface area contributed by atoms with Crippen LogP contribution >= 0.6 is 0 Å². The van der Waals surface area contributed by atoms with Gasteiger partial charge in [-0.15, -0.1) is 0 Å². The summed E-state index contributed by atoms with van der Waals surface area (Å²) < 4.78 is 10.7. The zero-order valence-electron chi connectivity index (χ0n) is 6.09. The van der Waals surface area contributed by atoms with E-state index in [0.29, 0.717) is 12.2 Å². The Morgan fingerprint density at radius 1 is 1.67 bits per heavy atom. The minimum atomic E-state index is 0.310. The van der Waals surface area contributed by atoms with Crippen LogP contribution in [0.2, 0.25) is 0 Å². The molecule has 1 aliphatic heterocycles. The van der Waals surface area contributed by atoms with Crippen LogP contribution in [0.15, 0.2) is 0 Å². The third-order valence-corrected chi connectivity index (χ3v) is 1.69. The molecule has 1 fully saturated rings. The van der Waals surface area contributed by atoms with Crippen molar-refractivity contribution < 1.29 is 9.47 Å². The summed E-state index contributed by atoms with van der Waals surface area (Å²) >= 11 is 0. The number of ether oxygens (including phenoxy) is 2.